The Bertz CT molecular complexity index is 1850. The van der Waals surface area contributed by atoms with E-state index in [1.165, 1.54) is 20.1 Å². The van der Waals surface area contributed by atoms with Gasteiger partial charge in [-0.05, 0) is 78.8 Å². The second-order valence-electron chi connectivity index (χ2n) is 12.0. The third-order valence-corrected chi connectivity index (χ3v) is 8.08. The average molecular weight is 628 g/mol. The number of hydrogen-bond acceptors (Lipinski definition) is 8. The number of hydrogen-bond donors (Lipinski definition) is 4. The maximum atomic E-state index is 13.7. The van der Waals surface area contributed by atoms with Crippen LogP contribution in [0.4, 0.5) is 11.4 Å². The van der Waals surface area contributed by atoms with Gasteiger partial charge in [0.2, 0.25) is 23.0 Å². The van der Waals surface area contributed by atoms with Gasteiger partial charge in [-0.25, -0.2) is 4.98 Å². The molecule has 0 saturated heterocycles. The molecule has 2 unspecified atom stereocenters. The molecule has 1 heterocycles. The summed E-state index contributed by atoms with van der Waals surface area (Å²) in [6, 6.07) is 11.2. The van der Waals surface area contributed by atoms with Gasteiger partial charge in [-0.1, -0.05) is 19.9 Å². The van der Waals surface area contributed by atoms with E-state index in [-0.39, 0.29) is 22.9 Å². The number of imidazole rings is 1. The number of methoxy groups -OCH3 is 3. The van der Waals surface area contributed by atoms with Gasteiger partial charge in [0.05, 0.1) is 44.1 Å². The number of benzene rings is 2. The molecule has 11 heteroatoms. The fourth-order valence-corrected chi connectivity index (χ4v) is 6.00. The molecular formula is C35H41N5O6. The van der Waals surface area contributed by atoms with Crippen molar-refractivity contribution >= 4 is 34.2 Å². The monoisotopic (exact) mass is 627 g/mol. The maximum Gasteiger partial charge on any atom is 0.246 e. The van der Waals surface area contributed by atoms with E-state index in [1.54, 1.807) is 27.2 Å². The molecule has 1 aliphatic carbocycles. The van der Waals surface area contributed by atoms with E-state index in [1.807, 2.05) is 30.3 Å². The van der Waals surface area contributed by atoms with Crippen molar-refractivity contribution in [3.63, 3.8) is 0 Å². The zero-order chi connectivity index (χ0) is 33.1. The number of fused-ring (bicyclic) bond motifs is 4. The number of aryl methyl sites for hydroxylation is 1. The van der Waals surface area contributed by atoms with Crippen molar-refractivity contribution in [3.8, 4) is 28.4 Å². The van der Waals surface area contributed by atoms with Crippen molar-refractivity contribution in [3.05, 3.63) is 69.6 Å². The number of carbonyl (C=O) groups excluding carboxylic acids is 2. The molecule has 1 aliphatic rings. The third kappa shape index (κ3) is 6.63. The van der Waals surface area contributed by atoms with Crippen molar-refractivity contribution < 1.29 is 23.8 Å². The Kier molecular flexibility index (Phi) is 9.50. The smallest absolute Gasteiger partial charge is 0.246 e. The summed E-state index contributed by atoms with van der Waals surface area (Å²) in [6.45, 7) is 7.41. The predicted molar refractivity (Wildman–Crippen MR) is 179 cm³/mol. The summed E-state index contributed by atoms with van der Waals surface area (Å²) in [6.07, 6.45) is 1.97. The lowest BCUT2D eigenvalue weighted by molar-refractivity contribution is -0.119. The number of aromatic amines is 1. The van der Waals surface area contributed by atoms with Gasteiger partial charge in [-0.15, -0.1) is 0 Å². The van der Waals surface area contributed by atoms with E-state index in [9.17, 15) is 14.4 Å². The summed E-state index contributed by atoms with van der Waals surface area (Å²) >= 11 is 0. The maximum absolute atomic E-state index is 13.7. The van der Waals surface area contributed by atoms with Gasteiger partial charge in [0, 0.05) is 24.6 Å². The Balaban J connectivity index is 1.48. The van der Waals surface area contributed by atoms with Crippen molar-refractivity contribution in [2.75, 3.05) is 32.0 Å². The summed E-state index contributed by atoms with van der Waals surface area (Å²) in [4.78, 5) is 47.1. The second kappa shape index (κ2) is 13.5. The van der Waals surface area contributed by atoms with E-state index >= 15 is 0 Å². The van der Waals surface area contributed by atoms with Gasteiger partial charge in [-0.2, -0.15) is 0 Å². The van der Waals surface area contributed by atoms with Crippen LogP contribution in [0.1, 0.15) is 57.1 Å². The highest BCUT2D eigenvalue weighted by atomic mass is 16.5. The molecule has 0 fully saturated rings. The normalized spacial score (nSPS) is 14.5. The number of rotatable bonds is 10. The highest BCUT2D eigenvalue weighted by molar-refractivity contribution is 5.97. The molecule has 2 atom stereocenters. The highest BCUT2D eigenvalue weighted by Gasteiger charge is 2.29. The number of H-pyrrole nitrogens is 1. The van der Waals surface area contributed by atoms with Crippen LogP contribution in [0.5, 0.6) is 17.2 Å². The van der Waals surface area contributed by atoms with Gasteiger partial charge in [0.1, 0.15) is 11.9 Å². The summed E-state index contributed by atoms with van der Waals surface area (Å²) in [7, 11) is 4.65. The van der Waals surface area contributed by atoms with Crippen LogP contribution in [0.2, 0.25) is 0 Å². The van der Waals surface area contributed by atoms with Crippen molar-refractivity contribution in [2.24, 2.45) is 5.92 Å². The molecule has 3 aromatic carbocycles. The van der Waals surface area contributed by atoms with Crippen molar-refractivity contribution in [1.29, 1.82) is 0 Å². The first-order chi connectivity index (χ1) is 22.0. The minimum atomic E-state index is -0.749. The number of ether oxygens (including phenoxy) is 3. The lowest BCUT2D eigenvalue weighted by Gasteiger charge is -2.19. The molecule has 11 nitrogen and oxygen atoms in total. The summed E-state index contributed by atoms with van der Waals surface area (Å²) < 4.78 is 17.1. The van der Waals surface area contributed by atoms with Gasteiger partial charge < -0.3 is 35.1 Å². The van der Waals surface area contributed by atoms with Crippen LogP contribution in [0, 0.1) is 5.92 Å². The molecule has 0 spiro atoms. The second-order valence-corrected chi connectivity index (χ2v) is 12.0. The summed E-state index contributed by atoms with van der Waals surface area (Å²) in [5.41, 5.74) is 5.22. The molecule has 0 saturated carbocycles. The first-order valence-electron chi connectivity index (χ1n) is 15.4. The molecule has 2 amide bonds. The van der Waals surface area contributed by atoms with Crippen LogP contribution in [0.25, 0.3) is 22.2 Å². The fraction of sp³-hybridized carbons (Fsp3) is 0.371. The Morgan fingerprint density at radius 2 is 1.76 bits per heavy atom. The lowest BCUT2D eigenvalue weighted by atomic mass is 9.95. The van der Waals surface area contributed by atoms with Gasteiger partial charge >= 0.3 is 0 Å². The Morgan fingerprint density at radius 3 is 2.43 bits per heavy atom. The quantitative estimate of drug-likeness (QED) is 0.184. The largest absolute Gasteiger partial charge is 0.493 e. The molecular weight excluding hydrogens is 586 g/mol. The van der Waals surface area contributed by atoms with E-state index in [4.69, 9.17) is 14.2 Å². The van der Waals surface area contributed by atoms with Crippen LogP contribution in [0.3, 0.4) is 0 Å². The van der Waals surface area contributed by atoms with E-state index in [2.05, 4.69) is 39.8 Å². The average Bonchev–Trinajstić information content (AvgIpc) is 3.26. The number of amides is 2. The lowest BCUT2D eigenvalue weighted by Crippen LogP contribution is -2.33. The van der Waals surface area contributed by atoms with Gasteiger partial charge in [-0.3, -0.25) is 14.4 Å². The summed E-state index contributed by atoms with van der Waals surface area (Å²) in [5, 5.41) is 9.03. The third-order valence-electron chi connectivity index (χ3n) is 8.08. The predicted octanol–water partition coefficient (Wildman–Crippen LogP) is 5.38. The van der Waals surface area contributed by atoms with Crippen molar-refractivity contribution in [2.45, 2.75) is 59.0 Å². The van der Waals surface area contributed by atoms with Crippen LogP contribution >= 0.6 is 0 Å². The van der Waals surface area contributed by atoms with E-state index < -0.39 is 12.1 Å². The van der Waals surface area contributed by atoms with E-state index in [0.29, 0.717) is 52.8 Å². The highest BCUT2D eigenvalue weighted by Crippen LogP contribution is 2.50. The topological polar surface area (TPSA) is 144 Å². The Morgan fingerprint density at radius 1 is 1.00 bits per heavy atom. The molecule has 0 bridgehead atoms. The van der Waals surface area contributed by atoms with Gasteiger partial charge in [0.25, 0.3) is 0 Å². The number of anilines is 2. The minimum absolute atomic E-state index is 0.212. The Labute approximate surface area is 268 Å². The molecule has 4 aromatic rings. The Hall–Kier alpha value is -5.06. The molecule has 4 N–H and O–H groups in total. The number of nitrogens with one attached hydrogen (secondary N) is 4. The van der Waals surface area contributed by atoms with Gasteiger partial charge in [0.15, 0.2) is 11.5 Å². The minimum Gasteiger partial charge on any atom is -0.493 e. The molecule has 0 radical (unpaired) electrons. The van der Waals surface area contributed by atoms with Crippen LogP contribution < -0.4 is 35.6 Å². The number of nitrogens with zero attached hydrogens (tertiary/aromatic N) is 1. The van der Waals surface area contributed by atoms with Crippen LogP contribution in [0.15, 0.2) is 47.3 Å². The number of carbonyl (C=O) groups is 2. The molecule has 242 valence electrons. The number of aromatic nitrogens is 2. The standard InChI is InChI=1S/C35H41N5O6/c1-18(2)14-31-39-26-12-9-22(16-28(26)40-31)38-35(43)19(3)36-27-13-10-23-24(17-29(27)42)25(37-20(4)41)11-8-21-15-30(44-5)33(45-6)34(46-7)32(21)23/h9-10,12-13,15-19,25H,8,11,14H2,1-7H3,(H,36,42)(H,37,41)(H,38,43)(H,39,40). The van der Waals surface area contributed by atoms with E-state index in [0.717, 1.165) is 34.4 Å². The molecule has 5 rings (SSSR count). The molecule has 1 aromatic heterocycles. The zero-order valence-electron chi connectivity index (χ0n) is 27.3. The van der Waals surface area contributed by atoms with Crippen LogP contribution in [-0.4, -0.2) is 49.2 Å². The zero-order valence-corrected chi connectivity index (χ0v) is 27.3. The summed E-state index contributed by atoms with van der Waals surface area (Å²) in [5.74, 6) is 2.26. The first kappa shape index (κ1) is 32.3. The first-order valence-corrected chi connectivity index (χ1v) is 15.4. The molecule has 46 heavy (non-hydrogen) atoms. The molecule has 0 aliphatic heterocycles. The fourth-order valence-electron chi connectivity index (χ4n) is 6.00. The SMILES string of the molecule is COc1cc2c(c(OC)c1OC)-c1ccc(NC(C)C(=O)Nc3ccc4nc(CC(C)C)[nH]c4c3)c(=O)cc1C(NC(C)=O)CC2. The van der Waals surface area contributed by atoms with Crippen molar-refractivity contribution in [1.82, 2.24) is 15.3 Å². The van der Waals surface area contributed by atoms with Crippen LogP contribution in [-0.2, 0) is 22.4 Å².